The number of carbonyl (C=O) groups is 3. The summed E-state index contributed by atoms with van der Waals surface area (Å²) >= 11 is 0. The Balaban J connectivity index is 2.28. The Labute approximate surface area is 339 Å². The van der Waals surface area contributed by atoms with Crippen LogP contribution in [0.2, 0.25) is 0 Å². The van der Waals surface area contributed by atoms with Gasteiger partial charge in [0.1, 0.15) is 23.6 Å². The fourth-order valence-electron chi connectivity index (χ4n) is 9.43. The van der Waals surface area contributed by atoms with E-state index in [2.05, 4.69) is 0 Å². The fourth-order valence-corrected chi connectivity index (χ4v) is 9.43. The average molecular weight is 819 g/mol. The van der Waals surface area contributed by atoms with Gasteiger partial charge < -0.3 is 58.5 Å². The Morgan fingerprint density at radius 3 is 2.00 bits per heavy atom. The van der Waals surface area contributed by atoms with E-state index in [1.165, 1.54) is 21.1 Å². The van der Waals surface area contributed by atoms with Crippen molar-refractivity contribution < 1.29 is 68.0 Å². The van der Waals surface area contributed by atoms with Crippen LogP contribution in [0.4, 0.5) is 0 Å². The number of aliphatic hydroxyl groups is 3. The number of ether oxygens (including phenoxy) is 7. The maximum atomic E-state index is 14.3. The summed E-state index contributed by atoms with van der Waals surface area (Å²) in [5.74, 6) is -5.55. The predicted octanol–water partition coefficient (Wildman–Crippen LogP) is 2.46. The van der Waals surface area contributed by atoms with Crippen molar-refractivity contribution in [3.63, 3.8) is 0 Å². The van der Waals surface area contributed by atoms with E-state index in [9.17, 15) is 34.8 Å². The number of methoxy groups -OCH3 is 2. The van der Waals surface area contributed by atoms with E-state index in [4.69, 9.17) is 33.2 Å². The van der Waals surface area contributed by atoms with Crippen LogP contribution in [-0.4, -0.2) is 174 Å². The second kappa shape index (κ2) is 19.7. The summed E-state index contributed by atoms with van der Waals surface area (Å²) in [6.45, 7) is 16.9. The summed E-state index contributed by atoms with van der Waals surface area (Å²) < 4.78 is 44.8. The second-order valence-corrected chi connectivity index (χ2v) is 17.9. The molecule has 3 aliphatic heterocycles. The van der Waals surface area contributed by atoms with Gasteiger partial charge in [0.05, 0.1) is 60.2 Å². The van der Waals surface area contributed by atoms with Crippen molar-refractivity contribution in [1.82, 2.24) is 9.80 Å². The molecular weight excluding hydrogens is 744 g/mol. The van der Waals surface area contributed by atoms with Crippen molar-refractivity contribution in [1.29, 1.82) is 0 Å². The summed E-state index contributed by atoms with van der Waals surface area (Å²) in [5, 5.41) is 43.9. The first-order valence-electron chi connectivity index (χ1n) is 20.4. The SMILES string of the molecule is CC[C@H]1OC(=O)[C@H](C)[C@@H](O[C@H]2C[C@@](C)(OC)[C@@H](O)[C@H](C)O2)[C@H](C)[C@@H](O[C@@H]2O[C@H](C)C[C@@H](N(C)CC(=O)O)[C@@H]2N(C)C)[C@@](C)(OC)C[C@@H](C)C(=O)[C@H](C)[C@@H](O)[C@]1(C)O. The van der Waals surface area contributed by atoms with E-state index in [0.717, 1.165) is 0 Å². The molecule has 0 aromatic heterocycles. The van der Waals surface area contributed by atoms with Gasteiger partial charge in [-0.2, -0.15) is 0 Å². The molecule has 0 aromatic carbocycles. The van der Waals surface area contributed by atoms with Crippen molar-refractivity contribution in [2.75, 3.05) is 41.9 Å². The molecule has 4 N–H and O–H groups in total. The molecule has 3 rings (SSSR count). The molecule has 0 aliphatic carbocycles. The minimum Gasteiger partial charge on any atom is -0.480 e. The normalized spacial score (nSPS) is 45.8. The molecule has 16 heteroatoms. The van der Waals surface area contributed by atoms with E-state index >= 15 is 0 Å². The van der Waals surface area contributed by atoms with E-state index < -0.39 is 108 Å². The van der Waals surface area contributed by atoms with Gasteiger partial charge >= 0.3 is 11.9 Å². The Kier molecular flexibility index (Phi) is 17.1. The number of carbonyl (C=O) groups excluding carboxylic acids is 2. The first kappa shape index (κ1) is 49.5. The lowest BCUT2D eigenvalue weighted by atomic mass is 9.73. The van der Waals surface area contributed by atoms with E-state index in [1.54, 1.807) is 53.5 Å². The van der Waals surface area contributed by atoms with Crippen LogP contribution in [0.5, 0.6) is 0 Å². The van der Waals surface area contributed by atoms with Crippen LogP contribution >= 0.6 is 0 Å². The molecule has 0 radical (unpaired) electrons. The molecule has 0 bridgehead atoms. The van der Waals surface area contributed by atoms with Crippen molar-refractivity contribution >= 4 is 17.7 Å². The van der Waals surface area contributed by atoms with Crippen LogP contribution in [0.3, 0.4) is 0 Å². The zero-order valence-electron chi connectivity index (χ0n) is 37.0. The number of nitrogens with zero attached hydrogens (tertiary/aromatic N) is 2. The van der Waals surface area contributed by atoms with Gasteiger partial charge in [0.2, 0.25) is 0 Å². The highest BCUT2D eigenvalue weighted by Crippen LogP contribution is 2.42. The number of aliphatic carboxylic acids is 1. The molecule has 0 saturated carbocycles. The highest BCUT2D eigenvalue weighted by molar-refractivity contribution is 5.83. The zero-order chi connectivity index (χ0) is 43.5. The lowest BCUT2D eigenvalue weighted by Gasteiger charge is -2.51. The first-order chi connectivity index (χ1) is 26.3. The largest absolute Gasteiger partial charge is 0.480 e. The quantitative estimate of drug-likeness (QED) is 0.221. The summed E-state index contributed by atoms with van der Waals surface area (Å²) in [6, 6.07) is -0.771. The number of carboxylic acids is 1. The molecule has 0 amide bonds. The lowest BCUT2D eigenvalue weighted by Crippen LogP contribution is -2.64. The molecule has 3 aliphatic rings. The Morgan fingerprint density at radius 1 is 0.877 bits per heavy atom. The monoisotopic (exact) mass is 819 g/mol. The number of hydrogen-bond donors (Lipinski definition) is 4. The minimum absolute atomic E-state index is 0.0987. The van der Waals surface area contributed by atoms with Crippen LogP contribution in [0.25, 0.3) is 0 Å². The predicted molar refractivity (Wildman–Crippen MR) is 209 cm³/mol. The molecule has 3 saturated heterocycles. The number of carboxylic acid groups (broad SMARTS) is 1. The second-order valence-electron chi connectivity index (χ2n) is 17.9. The van der Waals surface area contributed by atoms with Gasteiger partial charge in [-0.15, -0.1) is 0 Å². The molecule has 0 aromatic rings. The number of esters is 1. The van der Waals surface area contributed by atoms with Crippen LogP contribution in [0.15, 0.2) is 0 Å². The summed E-state index contributed by atoms with van der Waals surface area (Å²) in [7, 11) is 8.50. The van der Waals surface area contributed by atoms with Crippen LogP contribution in [0.1, 0.15) is 94.9 Å². The molecule has 0 unspecified atom stereocenters. The number of cyclic esters (lactones) is 1. The Hall–Kier alpha value is -1.83. The van der Waals surface area contributed by atoms with Crippen molar-refractivity contribution in [3.05, 3.63) is 0 Å². The number of Topliss-reactive ketones (excluding diaryl/α,β-unsaturated/α-hetero) is 1. The molecule has 332 valence electrons. The third-order valence-corrected chi connectivity index (χ3v) is 13.2. The van der Waals surface area contributed by atoms with Crippen molar-refractivity contribution in [3.8, 4) is 0 Å². The van der Waals surface area contributed by atoms with Gasteiger partial charge in [0.15, 0.2) is 12.6 Å². The van der Waals surface area contributed by atoms with Crippen LogP contribution < -0.4 is 0 Å². The lowest BCUT2D eigenvalue weighted by molar-refractivity contribution is -0.314. The van der Waals surface area contributed by atoms with Gasteiger partial charge in [-0.3, -0.25) is 19.3 Å². The van der Waals surface area contributed by atoms with Gasteiger partial charge in [0.25, 0.3) is 0 Å². The highest BCUT2D eigenvalue weighted by atomic mass is 16.7. The summed E-state index contributed by atoms with van der Waals surface area (Å²) in [4.78, 5) is 44.0. The first-order valence-corrected chi connectivity index (χ1v) is 20.4. The van der Waals surface area contributed by atoms with Crippen LogP contribution in [0, 0.1) is 23.7 Å². The molecule has 3 fully saturated rings. The standard InChI is InChI=1S/C41H74N2O14/c1-16-28-41(10,50)34(47)23(4)32(46)21(2)18-40(9,52-15)36(57-38-31(42(11)12)27(17-22(3)53-38)43(13)20-29(44)45)24(5)33(25(6)37(49)55-28)56-30-19-39(8,51-14)35(48)26(7)54-30/h21-28,30-31,33-36,38,47-48,50H,16-20H2,1-15H3,(H,44,45)/t21-,22-,23+,24+,25-,26+,27-,28-,30+,31+,33+,34-,35+,36-,38+,39-,40+,41-/m1/s1. The summed E-state index contributed by atoms with van der Waals surface area (Å²) in [6.07, 6.45) is -7.81. The molecule has 57 heavy (non-hydrogen) atoms. The number of aliphatic hydroxyl groups excluding tert-OH is 2. The van der Waals surface area contributed by atoms with E-state index in [1.807, 2.05) is 39.8 Å². The maximum Gasteiger partial charge on any atom is 0.317 e. The molecule has 16 nitrogen and oxygen atoms in total. The number of likely N-dealkylation sites (N-methyl/N-ethyl adjacent to an activating group) is 2. The molecule has 3 heterocycles. The Morgan fingerprint density at radius 2 is 1.47 bits per heavy atom. The van der Waals surface area contributed by atoms with Gasteiger partial charge in [0, 0.05) is 44.4 Å². The maximum absolute atomic E-state index is 14.3. The third kappa shape index (κ3) is 10.9. The minimum atomic E-state index is -1.99. The van der Waals surface area contributed by atoms with E-state index in [-0.39, 0.29) is 43.7 Å². The smallest absolute Gasteiger partial charge is 0.317 e. The van der Waals surface area contributed by atoms with Crippen molar-refractivity contribution in [2.45, 2.75) is 179 Å². The number of hydrogen-bond acceptors (Lipinski definition) is 15. The number of ketones is 1. The highest BCUT2D eigenvalue weighted by Gasteiger charge is 2.54. The van der Waals surface area contributed by atoms with Gasteiger partial charge in [-0.05, 0) is 81.9 Å². The van der Waals surface area contributed by atoms with Gasteiger partial charge in [-0.1, -0.05) is 27.7 Å². The van der Waals surface area contributed by atoms with Crippen molar-refractivity contribution in [2.24, 2.45) is 23.7 Å². The number of rotatable bonds is 11. The molecule has 18 atom stereocenters. The third-order valence-electron chi connectivity index (χ3n) is 13.2. The van der Waals surface area contributed by atoms with E-state index in [0.29, 0.717) is 6.42 Å². The molecular formula is C41H74N2O14. The Bertz CT molecular complexity index is 1350. The zero-order valence-corrected chi connectivity index (χ0v) is 37.0. The summed E-state index contributed by atoms with van der Waals surface area (Å²) in [5.41, 5.74) is -4.31. The fraction of sp³-hybridized carbons (Fsp3) is 0.927. The molecule has 0 spiro atoms. The average Bonchev–Trinajstić information content (AvgIpc) is 3.14. The van der Waals surface area contributed by atoms with Gasteiger partial charge in [-0.25, -0.2) is 0 Å². The van der Waals surface area contributed by atoms with Crippen LogP contribution in [-0.2, 0) is 47.5 Å². The topological polar surface area (TPSA) is 203 Å².